The van der Waals surface area contributed by atoms with Crippen molar-refractivity contribution in [3.63, 3.8) is 0 Å². The maximum atomic E-state index is 12.3. The van der Waals surface area contributed by atoms with E-state index in [1.165, 1.54) is 12.1 Å². The zero-order valence-corrected chi connectivity index (χ0v) is 16.0. The standard InChI is InChI=1S/C21H20N2O4S/c24-20(11-12-28(26,27)15-5-2-1-3-6-15)22-14-9-10-17-16-7-4-8-18(16)21(25)23-19(17)13-14/h1-3,5-6,9-10,13H,4,7-8,11-12H2,(H,22,24)(H,23,25). The van der Waals surface area contributed by atoms with Gasteiger partial charge in [0.2, 0.25) is 5.91 Å². The van der Waals surface area contributed by atoms with Crippen molar-refractivity contribution in [3.8, 4) is 0 Å². The Bertz CT molecular complexity index is 1210. The lowest BCUT2D eigenvalue weighted by atomic mass is 10.1. The van der Waals surface area contributed by atoms with Crippen LogP contribution < -0.4 is 10.9 Å². The zero-order valence-electron chi connectivity index (χ0n) is 15.2. The number of pyridine rings is 1. The lowest BCUT2D eigenvalue weighted by Crippen LogP contribution is -2.17. The van der Waals surface area contributed by atoms with Gasteiger partial charge in [-0.1, -0.05) is 24.3 Å². The van der Waals surface area contributed by atoms with E-state index in [-0.39, 0.29) is 28.5 Å². The quantitative estimate of drug-likeness (QED) is 0.693. The molecule has 1 aliphatic carbocycles. The summed E-state index contributed by atoms with van der Waals surface area (Å²) >= 11 is 0. The van der Waals surface area contributed by atoms with Gasteiger partial charge in [-0.3, -0.25) is 9.59 Å². The molecule has 0 fully saturated rings. The molecule has 1 amide bonds. The maximum Gasteiger partial charge on any atom is 0.251 e. The third-order valence-electron chi connectivity index (χ3n) is 5.07. The molecule has 1 aromatic heterocycles. The Hall–Kier alpha value is -2.93. The molecule has 0 atom stereocenters. The Balaban J connectivity index is 1.48. The highest BCUT2D eigenvalue weighted by atomic mass is 32.2. The molecular weight excluding hydrogens is 376 g/mol. The van der Waals surface area contributed by atoms with Gasteiger partial charge in [0, 0.05) is 23.1 Å². The minimum Gasteiger partial charge on any atom is -0.326 e. The van der Waals surface area contributed by atoms with Crippen LogP contribution in [0.15, 0.2) is 58.2 Å². The number of hydrogen-bond donors (Lipinski definition) is 2. The lowest BCUT2D eigenvalue weighted by Gasteiger charge is -2.09. The average Bonchev–Trinajstić information content (AvgIpc) is 3.18. The first-order valence-electron chi connectivity index (χ1n) is 9.19. The largest absolute Gasteiger partial charge is 0.326 e. The van der Waals surface area contributed by atoms with Crippen molar-refractivity contribution in [2.45, 2.75) is 30.6 Å². The normalized spacial score (nSPS) is 13.4. The molecule has 1 aliphatic rings. The monoisotopic (exact) mass is 396 g/mol. The van der Waals surface area contributed by atoms with Crippen LogP contribution in [0.1, 0.15) is 24.0 Å². The van der Waals surface area contributed by atoms with Gasteiger partial charge in [-0.2, -0.15) is 0 Å². The molecule has 0 saturated heterocycles. The highest BCUT2D eigenvalue weighted by Gasteiger charge is 2.19. The molecule has 0 radical (unpaired) electrons. The minimum absolute atomic E-state index is 0.0718. The number of hydrogen-bond acceptors (Lipinski definition) is 4. The van der Waals surface area contributed by atoms with E-state index in [2.05, 4.69) is 10.3 Å². The van der Waals surface area contributed by atoms with E-state index in [0.717, 1.165) is 35.8 Å². The van der Waals surface area contributed by atoms with Crippen LogP contribution >= 0.6 is 0 Å². The van der Waals surface area contributed by atoms with Gasteiger partial charge in [0.1, 0.15) is 0 Å². The molecule has 0 aliphatic heterocycles. The van der Waals surface area contributed by atoms with Gasteiger partial charge in [0.25, 0.3) is 5.56 Å². The summed E-state index contributed by atoms with van der Waals surface area (Å²) in [5.74, 6) is -0.650. The molecule has 0 spiro atoms. The molecule has 28 heavy (non-hydrogen) atoms. The highest BCUT2D eigenvalue weighted by Crippen LogP contribution is 2.27. The number of aryl methyl sites for hydroxylation is 1. The summed E-state index contributed by atoms with van der Waals surface area (Å²) in [5.41, 5.74) is 3.09. The van der Waals surface area contributed by atoms with Crippen LogP contribution in [-0.4, -0.2) is 25.1 Å². The predicted molar refractivity (Wildman–Crippen MR) is 108 cm³/mol. The number of carbonyl (C=O) groups excluding carboxylic acids is 1. The van der Waals surface area contributed by atoms with Crippen molar-refractivity contribution < 1.29 is 13.2 Å². The maximum absolute atomic E-state index is 12.3. The van der Waals surface area contributed by atoms with Crippen LogP contribution in [0.3, 0.4) is 0 Å². The van der Waals surface area contributed by atoms with Crippen LogP contribution in [0.2, 0.25) is 0 Å². The van der Waals surface area contributed by atoms with Crippen LogP contribution in [0.4, 0.5) is 5.69 Å². The van der Waals surface area contributed by atoms with Crippen molar-refractivity contribution in [2.75, 3.05) is 11.1 Å². The van der Waals surface area contributed by atoms with Crippen LogP contribution in [-0.2, 0) is 27.5 Å². The Morgan fingerprint density at radius 1 is 1.04 bits per heavy atom. The molecule has 7 heteroatoms. The topological polar surface area (TPSA) is 96.1 Å². The van der Waals surface area contributed by atoms with Crippen molar-refractivity contribution in [3.05, 3.63) is 70.0 Å². The fourth-order valence-electron chi connectivity index (χ4n) is 3.67. The lowest BCUT2D eigenvalue weighted by molar-refractivity contribution is -0.115. The second kappa shape index (κ2) is 7.24. The number of H-pyrrole nitrogens is 1. The third kappa shape index (κ3) is 3.57. The predicted octanol–water partition coefficient (Wildman–Crippen LogP) is 2.82. The number of aromatic nitrogens is 1. The second-order valence-electron chi connectivity index (χ2n) is 6.96. The third-order valence-corrected chi connectivity index (χ3v) is 6.80. The van der Waals surface area contributed by atoms with Crippen molar-refractivity contribution >= 4 is 32.3 Å². The summed E-state index contributed by atoms with van der Waals surface area (Å²) in [6.45, 7) is 0. The summed E-state index contributed by atoms with van der Waals surface area (Å²) < 4.78 is 24.6. The molecule has 4 rings (SSSR count). The number of rotatable bonds is 5. The van der Waals surface area contributed by atoms with Crippen molar-refractivity contribution in [1.29, 1.82) is 0 Å². The Morgan fingerprint density at radius 3 is 2.57 bits per heavy atom. The number of nitrogens with one attached hydrogen (secondary N) is 2. The van der Waals surface area contributed by atoms with Gasteiger partial charge in [0.15, 0.2) is 9.84 Å². The van der Waals surface area contributed by atoms with Crippen LogP contribution in [0, 0.1) is 0 Å². The van der Waals surface area contributed by atoms with E-state index < -0.39 is 9.84 Å². The fraction of sp³-hybridized carbons (Fsp3) is 0.238. The van der Waals surface area contributed by atoms with Crippen molar-refractivity contribution in [1.82, 2.24) is 4.98 Å². The second-order valence-corrected chi connectivity index (χ2v) is 9.06. The summed E-state index contributed by atoms with van der Waals surface area (Å²) in [6, 6.07) is 13.5. The van der Waals surface area contributed by atoms with E-state index in [1.54, 1.807) is 30.3 Å². The fourth-order valence-corrected chi connectivity index (χ4v) is 4.94. The molecule has 3 aromatic rings. The smallest absolute Gasteiger partial charge is 0.251 e. The van der Waals surface area contributed by atoms with Gasteiger partial charge in [0.05, 0.1) is 16.2 Å². The summed E-state index contributed by atoms with van der Waals surface area (Å²) in [4.78, 5) is 27.5. The molecule has 0 bridgehead atoms. The van der Waals surface area contributed by atoms with Gasteiger partial charge in [-0.25, -0.2) is 8.42 Å². The molecule has 144 valence electrons. The first kappa shape index (κ1) is 18.4. The number of benzene rings is 2. The summed E-state index contributed by atoms with van der Waals surface area (Å²) in [7, 11) is -3.50. The molecule has 6 nitrogen and oxygen atoms in total. The van der Waals surface area contributed by atoms with Crippen molar-refractivity contribution in [2.24, 2.45) is 0 Å². The number of sulfone groups is 1. The van der Waals surface area contributed by atoms with Gasteiger partial charge in [-0.15, -0.1) is 0 Å². The summed E-state index contributed by atoms with van der Waals surface area (Å²) in [6.07, 6.45) is 2.52. The highest BCUT2D eigenvalue weighted by molar-refractivity contribution is 7.91. The summed E-state index contributed by atoms with van der Waals surface area (Å²) in [5, 5.41) is 3.72. The molecule has 0 saturated carbocycles. The van der Waals surface area contributed by atoms with Gasteiger partial charge < -0.3 is 10.3 Å². The number of fused-ring (bicyclic) bond motifs is 3. The number of amides is 1. The average molecular weight is 396 g/mol. The van der Waals surface area contributed by atoms with E-state index in [0.29, 0.717) is 11.2 Å². The zero-order chi connectivity index (χ0) is 19.7. The molecular formula is C21H20N2O4S. The van der Waals surface area contributed by atoms with Gasteiger partial charge >= 0.3 is 0 Å². The molecule has 0 unspecified atom stereocenters. The molecule has 2 N–H and O–H groups in total. The minimum atomic E-state index is -3.50. The van der Waals surface area contributed by atoms with E-state index in [4.69, 9.17) is 0 Å². The Morgan fingerprint density at radius 2 is 1.79 bits per heavy atom. The number of anilines is 1. The molecule has 2 aromatic carbocycles. The first-order valence-corrected chi connectivity index (χ1v) is 10.8. The van der Waals surface area contributed by atoms with E-state index >= 15 is 0 Å². The van der Waals surface area contributed by atoms with Crippen LogP contribution in [0.5, 0.6) is 0 Å². The number of aromatic amines is 1. The van der Waals surface area contributed by atoms with E-state index in [9.17, 15) is 18.0 Å². The van der Waals surface area contributed by atoms with Gasteiger partial charge in [-0.05, 0) is 49.1 Å². The molecule has 1 heterocycles. The SMILES string of the molecule is O=C(CCS(=O)(=O)c1ccccc1)Nc1ccc2c3c(c(=O)[nH]c2c1)CCC3. The Kier molecular flexibility index (Phi) is 4.77. The first-order chi connectivity index (χ1) is 13.4. The number of carbonyl (C=O) groups is 1. The Labute approximate surface area is 162 Å². The van der Waals surface area contributed by atoms with E-state index in [1.807, 2.05) is 6.07 Å². The van der Waals surface area contributed by atoms with Crippen LogP contribution in [0.25, 0.3) is 10.9 Å².